The molecule has 0 heterocycles. The van der Waals surface area contributed by atoms with Crippen molar-refractivity contribution in [2.24, 2.45) is 5.41 Å². The molecule has 0 aromatic heterocycles. The van der Waals surface area contributed by atoms with E-state index in [1.807, 2.05) is 0 Å². The van der Waals surface area contributed by atoms with Crippen LogP contribution in [0.5, 0.6) is 0 Å². The maximum absolute atomic E-state index is 2.29. The number of aryl methyl sites for hydroxylation is 2. The minimum absolute atomic E-state index is 0.587. The molecule has 0 amide bonds. The Bertz CT molecular complexity index is 489. The minimum atomic E-state index is 0.587. The van der Waals surface area contributed by atoms with Gasteiger partial charge in [-0.15, -0.1) is 0 Å². The van der Waals surface area contributed by atoms with E-state index in [0.717, 1.165) is 0 Å². The molecule has 0 bridgehead atoms. The summed E-state index contributed by atoms with van der Waals surface area (Å²) < 4.78 is 0. The standard InChI is InChI=1S/C22H28/c1-4-10-20(11-5-1)14-18-22(16-8-3-9-17-22)19-15-21-12-6-2-7-13-21/h1-2,4-7,10-13H,3,8-9,14-19H2. The van der Waals surface area contributed by atoms with Gasteiger partial charge in [-0.05, 0) is 55.1 Å². The Balaban J connectivity index is 1.62. The Morgan fingerprint density at radius 3 is 1.50 bits per heavy atom. The number of hydrogen-bond acceptors (Lipinski definition) is 0. The van der Waals surface area contributed by atoms with Crippen LogP contribution in [0.25, 0.3) is 0 Å². The Hall–Kier alpha value is -1.56. The molecule has 0 aliphatic heterocycles. The molecule has 0 heteroatoms. The zero-order chi connectivity index (χ0) is 15.1. The second-order valence-corrected chi connectivity index (χ2v) is 7.03. The van der Waals surface area contributed by atoms with Gasteiger partial charge in [-0.1, -0.05) is 79.9 Å². The van der Waals surface area contributed by atoms with Crippen molar-refractivity contribution < 1.29 is 0 Å². The lowest BCUT2D eigenvalue weighted by atomic mass is 9.67. The monoisotopic (exact) mass is 292 g/mol. The highest BCUT2D eigenvalue weighted by atomic mass is 14.4. The van der Waals surface area contributed by atoms with E-state index in [2.05, 4.69) is 60.7 Å². The van der Waals surface area contributed by atoms with Gasteiger partial charge in [-0.3, -0.25) is 0 Å². The lowest BCUT2D eigenvalue weighted by Crippen LogP contribution is -2.25. The van der Waals surface area contributed by atoms with Crippen molar-refractivity contribution in [1.82, 2.24) is 0 Å². The van der Waals surface area contributed by atoms with Crippen LogP contribution in [0.15, 0.2) is 60.7 Å². The van der Waals surface area contributed by atoms with Crippen LogP contribution in [0.3, 0.4) is 0 Å². The van der Waals surface area contributed by atoms with Crippen molar-refractivity contribution in [3.05, 3.63) is 71.8 Å². The van der Waals surface area contributed by atoms with Crippen LogP contribution < -0.4 is 0 Å². The zero-order valence-corrected chi connectivity index (χ0v) is 13.6. The Morgan fingerprint density at radius 1 is 0.591 bits per heavy atom. The molecule has 0 radical (unpaired) electrons. The molecular formula is C22H28. The number of rotatable bonds is 6. The third kappa shape index (κ3) is 4.22. The van der Waals surface area contributed by atoms with Crippen LogP contribution >= 0.6 is 0 Å². The molecular weight excluding hydrogens is 264 g/mol. The summed E-state index contributed by atoms with van der Waals surface area (Å²) in [6, 6.07) is 22.1. The maximum atomic E-state index is 2.29. The fraction of sp³-hybridized carbons (Fsp3) is 0.455. The van der Waals surface area contributed by atoms with E-state index in [9.17, 15) is 0 Å². The van der Waals surface area contributed by atoms with Crippen molar-refractivity contribution in [2.75, 3.05) is 0 Å². The molecule has 0 nitrogen and oxygen atoms in total. The van der Waals surface area contributed by atoms with Crippen molar-refractivity contribution in [1.29, 1.82) is 0 Å². The smallest absolute Gasteiger partial charge is 0.0274 e. The quantitative estimate of drug-likeness (QED) is 0.594. The topological polar surface area (TPSA) is 0 Å². The van der Waals surface area contributed by atoms with Crippen LogP contribution in [0, 0.1) is 5.41 Å². The minimum Gasteiger partial charge on any atom is -0.0622 e. The first-order valence-electron chi connectivity index (χ1n) is 8.94. The number of hydrogen-bond donors (Lipinski definition) is 0. The molecule has 0 N–H and O–H groups in total. The van der Waals surface area contributed by atoms with E-state index >= 15 is 0 Å². The zero-order valence-electron chi connectivity index (χ0n) is 13.6. The summed E-state index contributed by atoms with van der Waals surface area (Å²) in [5, 5.41) is 0. The Morgan fingerprint density at radius 2 is 1.05 bits per heavy atom. The summed E-state index contributed by atoms with van der Waals surface area (Å²) in [5.74, 6) is 0. The SMILES string of the molecule is c1ccc(CCC2(CCc3ccccc3)CCCCC2)cc1. The molecule has 1 aliphatic carbocycles. The average molecular weight is 292 g/mol. The highest BCUT2D eigenvalue weighted by Gasteiger charge is 2.31. The predicted octanol–water partition coefficient (Wildman–Crippen LogP) is 6.20. The van der Waals surface area contributed by atoms with Gasteiger partial charge in [0.15, 0.2) is 0 Å². The summed E-state index contributed by atoms with van der Waals surface area (Å²) in [6.45, 7) is 0. The third-order valence-electron chi connectivity index (χ3n) is 5.49. The average Bonchev–Trinajstić information content (AvgIpc) is 2.61. The molecule has 2 aromatic carbocycles. The lowest BCUT2D eigenvalue weighted by Gasteiger charge is -2.38. The van der Waals surface area contributed by atoms with Gasteiger partial charge in [-0.2, -0.15) is 0 Å². The molecule has 1 aliphatic rings. The first-order valence-corrected chi connectivity index (χ1v) is 8.94. The molecule has 3 rings (SSSR count). The van der Waals surface area contributed by atoms with E-state index in [1.54, 1.807) is 0 Å². The summed E-state index contributed by atoms with van der Waals surface area (Å²) in [4.78, 5) is 0. The molecule has 1 fully saturated rings. The Kier molecular flexibility index (Phi) is 5.32. The molecule has 22 heavy (non-hydrogen) atoms. The van der Waals surface area contributed by atoms with Gasteiger partial charge in [0.2, 0.25) is 0 Å². The molecule has 0 atom stereocenters. The fourth-order valence-electron chi connectivity index (χ4n) is 4.04. The summed E-state index contributed by atoms with van der Waals surface area (Å²) in [5.41, 5.74) is 3.60. The first-order chi connectivity index (χ1) is 10.9. The van der Waals surface area contributed by atoms with Gasteiger partial charge in [-0.25, -0.2) is 0 Å². The second-order valence-electron chi connectivity index (χ2n) is 7.03. The van der Waals surface area contributed by atoms with Crippen molar-refractivity contribution in [3.63, 3.8) is 0 Å². The Labute approximate surface area is 135 Å². The predicted molar refractivity (Wildman–Crippen MR) is 95.0 cm³/mol. The molecule has 0 saturated heterocycles. The van der Waals surface area contributed by atoms with E-state index < -0.39 is 0 Å². The molecule has 116 valence electrons. The summed E-state index contributed by atoms with van der Waals surface area (Å²) in [6.07, 6.45) is 12.4. The van der Waals surface area contributed by atoms with Crippen LogP contribution in [-0.4, -0.2) is 0 Å². The number of benzene rings is 2. The van der Waals surface area contributed by atoms with Crippen molar-refractivity contribution in [3.8, 4) is 0 Å². The second kappa shape index (κ2) is 7.63. The van der Waals surface area contributed by atoms with Gasteiger partial charge in [0.25, 0.3) is 0 Å². The van der Waals surface area contributed by atoms with Crippen LogP contribution in [-0.2, 0) is 12.8 Å². The van der Waals surface area contributed by atoms with E-state index in [-0.39, 0.29) is 0 Å². The van der Waals surface area contributed by atoms with Crippen LogP contribution in [0.4, 0.5) is 0 Å². The lowest BCUT2D eigenvalue weighted by molar-refractivity contribution is 0.158. The molecule has 0 spiro atoms. The molecule has 0 unspecified atom stereocenters. The normalized spacial score (nSPS) is 17.3. The molecule has 1 saturated carbocycles. The van der Waals surface area contributed by atoms with Crippen LogP contribution in [0.2, 0.25) is 0 Å². The van der Waals surface area contributed by atoms with E-state index in [0.29, 0.717) is 5.41 Å². The van der Waals surface area contributed by atoms with E-state index in [4.69, 9.17) is 0 Å². The van der Waals surface area contributed by atoms with Gasteiger partial charge in [0, 0.05) is 0 Å². The van der Waals surface area contributed by atoms with Gasteiger partial charge in [0.05, 0.1) is 0 Å². The maximum Gasteiger partial charge on any atom is -0.0274 e. The summed E-state index contributed by atoms with van der Waals surface area (Å²) >= 11 is 0. The van der Waals surface area contributed by atoms with Gasteiger partial charge >= 0.3 is 0 Å². The van der Waals surface area contributed by atoms with Gasteiger partial charge < -0.3 is 0 Å². The first kappa shape index (κ1) is 15.3. The van der Waals surface area contributed by atoms with Gasteiger partial charge in [0.1, 0.15) is 0 Å². The van der Waals surface area contributed by atoms with Crippen molar-refractivity contribution >= 4 is 0 Å². The molecule has 2 aromatic rings. The van der Waals surface area contributed by atoms with Crippen LogP contribution in [0.1, 0.15) is 56.1 Å². The largest absolute Gasteiger partial charge is 0.0622 e. The van der Waals surface area contributed by atoms with E-state index in [1.165, 1.54) is 68.9 Å². The summed E-state index contributed by atoms with van der Waals surface area (Å²) in [7, 11) is 0. The highest BCUT2D eigenvalue weighted by molar-refractivity contribution is 5.16. The third-order valence-corrected chi connectivity index (χ3v) is 5.49. The highest BCUT2D eigenvalue weighted by Crippen LogP contribution is 2.43. The van der Waals surface area contributed by atoms with Crippen molar-refractivity contribution in [2.45, 2.75) is 57.8 Å². The fourth-order valence-corrected chi connectivity index (χ4v) is 4.04.